The third kappa shape index (κ3) is 4.84. The fourth-order valence-electron chi connectivity index (χ4n) is 3.81. The van der Waals surface area contributed by atoms with Crippen molar-refractivity contribution in [1.82, 2.24) is 0 Å². The molecule has 2 atom stereocenters. The van der Waals surface area contributed by atoms with Gasteiger partial charge < -0.3 is 15.8 Å². The molecule has 1 heterocycles. The van der Waals surface area contributed by atoms with Gasteiger partial charge >= 0.3 is 0 Å². The van der Waals surface area contributed by atoms with Gasteiger partial charge in [0.2, 0.25) is 0 Å². The van der Waals surface area contributed by atoms with Crippen molar-refractivity contribution in [2.45, 2.75) is 68.2 Å². The summed E-state index contributed by atoms with van der Waals surface area (Å²) in [6.07, 6.45) is 5.53. The van der Waals surface area contributed by atoms with Crippen LogP contribution >= 0.6 is 0 Å². The molecule has 0 aromatic heterocycles. The van der Waals surface area contributed by atoms with Crippen molar-refractivity contribution in [3.8, 4) is 0 Å². The molecule has 2 aliphatic rings. The molecule has 3 N–H and O–H groups in total. The molecule has 26 heavy (non-hydrogen) atoms. The van der Waals surface area contributed by atoms with Gasteiger partial charge in [0.15, 0.2) is 9.84 Å². The van der Waals surface area contributed by atoms with Gasteiger partial charge in [0.1, 0.15) is 6.10 Å². The number of carbonyl (C=O) groups excluding carboxylic acids is 1. The second-order valence-electron chi connectivity index (χ2n) is 7.32. The molecule has 1 aromatic rings. The maximum Gasteiger partial charge on any atom is 0.253 e. The highest BCUT2D eigenvalue weighted by Gasteiger charge is 2.30. The Labute approximate surface area is 155 Å². The highest BCUT2D eigenvalue weighted by atomic mass is 32.2. The Kier molecular flexibility index (Phi) is 6.32. The number of carbonyl (C=O) groups is 1. The first-order valence-corrected chi connectivity index (χ1v) is 11.2. The first kappa shape index (κ1) is 19.3. The van der Waals surface area contributed by atoms with Gasteiger partial charge in [-0.3, -0.25) is 4.79 Å². The average Bonchev–Trinajstić information content (AvgIpc) is 3.12. The largest absolute Gasteiger partial charge is 0.364 e. The normalized spacial score (nSPS) is 24.5. The molecule has 1 saturated carbocycles. The minimum atomic E-state index is -3.16. The van der Waals surface area contributed by atoms with E-state index in [4.69, 9.17) is 10.5 Å². The van der Waals surface area contributed by atoms with Crippen molar-refractivity contribution in [3.63, 3.8) is 0 Å². The van der Waals surface area contributed by atoms with Gasteiger partial charge in [-0.15, -0.1) is 0 Å². The lowest BCUT2D eigenvalue weighted by molar-refractivity contribution is -0.126. The third-order valence-electron chi connectivity index (χ3n) is 5.29. The quantitative estimate of drug-likeness (QED) is 0.789. The number of rotatable bonds is 6. The van der Waals surface area contributed by atoms with E-state index in [1.807, 2.05) is 0 Å². The highest BCUT2D eigenvalue weighted by Crippen LogP contribution is 2.27. The number of amides is 1. The first-order chi connectivity index (χ1) is 12.5. The van der Waals surface area contributed by atoms with Crippen LogP contribution in [0.15, 0.2) is 24.3 Å². The van der Waals surface area contributed by atoms with Crippen molar-refractivity contribution >= 4 is 21.4 Å². The van der Waals surface area contributed by atoms with Gasteiger partial charge in [0.05, 0.1) is 17.1 Å². The number of ether oxygens (including phenoxy) is 1. The van der Waals surface area contributed by atoms with Crippen LogP contribution in [-0.4, -0.2) is 38.3 Å². The minimum absolute atomic E-state index is 0.0244. The van der Waals surface area contributed by atoms with Crippen molar-refractivity contribution in [2.24, 2.45) is 5.73 Å². The predicted octanol–water partition coefficient (Wildman–Crippen LogP) is 2.38. The zero-order valence-electron chi connectivity index (χ0n) is 15.0. The van der Waals surface area contributed by atoms with Crippen molar-refractivity contribution in [1.29, 1.82) is 0 Å². The van der Waals surface area contributed by atoms with Crippen LogP contribution in [0.1, 0.15) is 50.5 Å². The highest BCUT2D eigenvalue weighted by molar-refractivity contribution is 7.91. The molecule has 1 saturated heterocycles. The Balaban J connectivity index is 1.62. The minimum Gasteiger partial charge on any atom is -0.364 e. The molecule has 0 spiro atoms. The summed E-state index contributed by atoms with van der Waals surface area (Å²) in [6, 6.07) is 7.09. The van der Waals surface area contributed by atoms with Crippen LogP contribution in [0.3, 0.4) is 0 Å². The molecule has 0 unspecified atom stereocenters. The zero-order chi connectivity index (χ0) is 18.6. The van der Waals surface area contributed by atoms with E-state index in [2.05, 4.69) is 5.32 Å². The number of nitrogens with one attached hydrogen (secondary N) is 1. The number of hydrogen-bond acceptors (Lipinski definition) is 5. The zero-order valence-corrected chi connectivity index (χ0v) is 15.8. The van der Waals surface area contributed by atoms with Crippen LogP contribution in [0.2, 0.25) is 0 Å². The summed E-state index contributed by atoms with van der Waals surface area (Å²) in [5, 5.41) is 2.61. The van der Waals surface area contributed by atoms with E-state index in [0.29, 0.717) is 24.2 Å². The standard InChI is InChI=1S/C19H28N2O4S/c20-12-16-9-10-18(25-16)19(22)21-15-6-4-5-14(11-15)13-26(23,24)17-7-2-1-3-8-17/h4-6,11,16-18H,1-3,7-10,12-13,20H2,(H,21,22)/t16-,18+/m1/s1. The van der Waals surface area contributed by atoms with Gasteiger partial charge in [-0.2, -0.15) is 0 Å². The van der Waals surface area contributed by atoms with E-state index < -0.39 is 15.9 Å². The van der Waals surface area contributed by atoms with Crippen molar-refractivity contribution in [3.05, 3.63) is 29.8 Å². The fourth-order valence-corrected chi connectivity index (χ4v) is 5.74. The van der Waals surface area contributed by atoms with Crippen LogP contribution < -0.4 is 11.1 Å². The molecule has 1 aromatic carbocycles. The number of sulfone groups is 1. The third-order valence-corrected chi connectivity index (χ3v) is 7.51. The van der Waals surface area contributed by atoms with Crippen LogP contribution in [0.4, 0.5) is 5.69 Å². The molecule has 2 fully saturated rings. The average molecular weight is 381 g/mol. The van der Waals surface area contributed by atoms with E-state index in [0.717, 1.165) is 38.5 Å². The Morgan fingerprint density at radius 2 is 1.92 bits per heavy atom. The predicted molar refractivity (Wildman–Crippen MR) is 102 cm³/mol. The van der Waals surface area contributed by atoms with E-state index in [9.17, 15) is 13.2 Å². The summed E-state index contributed by atoms with van der Waals surface area (Å²) in [5.74, 6) is -0.176. The molecule has 3 rings (SSSR count). The number of nitrogens with two attached hydrogens (primary N) is 1. The van der Waals surface area contributed by atoms with Gasteiger partial charge in [0, 0.05) is 12.2 Å². The lowest BCUT2D eigenvalue weighted by Gasteiger charge is -2.21. The van der Waals surface area contributed by atoms with Crippen LogP contribution in [-0.2, 0) is 25.1 Å². The molecule has 0 bridgehead atoms. The van der Waals surface area contributed by atoms with Crippen LogP contribution in [0, 0.1) is 0 Å². The van der Waals surface area contributed by atoms with E-state index in [-0.39, 0.29) is 23.0 Å². The maximum absolute atomic E-state index is 12.6. The van der Waals surface area contributed by atoms with E-state index in [1.165, 1.54) is 0 Å². The van der Waals surface area contributed by atoms with Crippen LogP contribution in [0.25, 0.3) is 0 Å². The molecular weight excluding hydrogens is 352 g/mol. The maximum atomic E-state index is 12.6. The summed E-state index contributed by atoms with van der Waals surface area (Å²) in [4.78, 5) is 12.3. The number of benzene rings is 1. The summed E-state index contributed by atoms with van der Waals surface area (Å²) in [5.41, 5.74) is 6.89. The summed E-state index contributed by atoms with van der Waals surface area (Å²) in [7, 11) is -3.16. The number of hydrogen-bond donors (Lipinski definition) is 2. The van der Waals surface area contributed by atoms with E-state index >= 15 is 0 Å². The molecule has 0 radical (unpaired) electrons. The number of anilines is 1. The Hall–Kier alpha value is -1.44. The molecule has 7 heteroatoms. The second-order valence-corrected chi connectivity index (χ2v) is 9.60. The summed E-state index contributed by atoms with van der Waals surface area (Å²) >= 11 is 0. The monoisotopic (exact) mass is 380 g/mol. The fraction of sp³-hybridized carbons (Fsp3) is 0.632. The molecule has 1 amide bonds. The molecule has 1 aliphatic heterocycles. The second kappa shape index (κ2) is 8.50. The van der Waals surface area contributed by atoms with Gasteiger partial charge in [-0.1, -0.05) is 31.4 Å². The van der Waals surface area contributed by atoms with Crippen LogP contribution in [0.5, 0.6) is 0 Å². The molecule has 1 aliphatic carbocycles. The first-order valence-electron chi connectivity index (χ1n) is 9.45. The molecule has 6 nitrogen and oxygen atoms in total. The Morgan fingerprint density at radius 1 is 1.15 bits per heavy atom. The smallest absolute Gasteiger partial charge is 0.253 e. The molecular formula is C19H28N2O4S. The van der Waals surface area contributed by atoms with Crippen molar-refractivity contribution < 1.29 is 17.9 Å². The lowest BCUT2D eigenvalue weighted by atomic mass is 10.0. The van der Waals surface area contributed by atoms with Gasteiger partial charge in [-0.25, -0.2) is 8.42 Å². The van der Waals surface area contributed by atoms with Gasteiger partial charge in [-0.05, 0) is 43.4 Å². The summed E-state index contributed by atoms with van der Waals surface area (Å²) < 4.78 is 30.9. The van der Waals surface area contributed by atoms with Crippen molar-refractivity contribution in [2.75, 3.05) is 11.9 Å². The lowest BCUT2D eigenvalue weighted by Crippen LogP contribution is -2.29. The van der Waals surface area contributed by atoms with Gasteiger partial charge in [0.25, 0.3) is 5.91 Å². The Morgan fingerprint density at radius 3 is 2.62 bits per heavy atom. The van der Waals surface area contributed by atoms with E-state index in [1.54, 1.807) is 24.3 Å². The SMILES string of the molecule is NC[C@H]1CC[C@@H](C(=O)Nc2cccc(CS(=O)(=O)C3CCCCC3)c2)O1. The summed E-state index contributed by atoms with van der Waals surface area (Å²) in [6.45, 7) is 0.415. The molecule has 144 valence electrons. The Bertz CT molecular complexity index is 729. The topological polar surface area (TPSA) is 98.5 Å².